The predicted molar refractivity (Wildman–Crippen MR) is 51.5 cm³/mol. The van der Waals surface area contributed by atoms with E-state index in [1.165, 1.54) is 0 Å². The van der Waals surface area contributed by atoms with Crippen molar-refractivity contribution in [2.24, 2.45) is 5.73 Å². The van der Waals surface area contributed by atoms with Gasteiger partial charge in [-0.05, 0) is 13.8 Å². The molecular formula is C6H17ClNO3P. The van der Waals surface area contributed by atoms with Gasteiger partial charge in [-0.15, -0.1) is 11.6 Å². The maximum Gasteiger partial charge on any atom is 0.327 e. The van der Waals surface area contributed by atoms with Crippen molar-refractivity contribution in [3.63, 3.8) is 0 Å². The molecule has 0 aliphatic rings. The van der Waals surface area contributed by atoms with Crippen LogP contribution in [-0.4, -0.2) is 23.2 Å². The van der Waals surface area contributed by atoms with Crippen molar-refractivity contribution < 1.29 is 14.0 Å². The van der Waals surface area contributed by atoms with E-state index < -0.39 is 7.60 Å². The highest BCUT2D eigenvalue weighted by molar-refractivity contribution is 7.52. The van der Waals surface area contributed by atoms with Crippen LogP contribution in [0.3, 0.4) is 0 Å². The molecule has 0 amide bonds. The van der Waals surface area contributed by atoms with Crippen LogP contribution in [-0.2, 0) is 9.09 Å². The van der Waals surface area contributed by atoms with Gasteiger partial charge in [-0.1, -0.05) is 6.92 Å². The number of halogens is 1. The quantitative estimate of drug-likeness (QED) is 0.429. The Labute approximate surface area is 78.6 Å². The topological polar surface area (TPSA) is 72.5 Å². The summed E-state index contributed by atoms with van der Waals surface area (Å²) < 4.78 is 15.0. The van der Waals surface area contributed by atoms with E-state index in [-0.39, 0.29) is 11.7 Å². The predicted octanol–water partition coefficient (Wildman–Crippen LogP) is 1.76. The maximum atomic E-state index is 10.5. The van der Waals surface area contributed by atoms with E-state index in [0.717, 1.165) is 0 Å². The zero-order valence-electron chi connectivity index (χ0n) is 7.66. The molecule has 0 bridgehead atoms. The van der Waals surface area contributed by atoms with Gasteiger partial charge in [0.25, 0.3) is 0 Å². The zero-order valence-corrected chi connectivity index (χ0v) is 9.31. The molecule has 76 valence electrons. The van der Waals surface area contributed by atoms with E-state index >= 15 is 0 Å². The molecule has 0 aromatic carbocycles. The first-order valence-corrected chi connectivity index (χ1v) is 5.91. The van der Waals surface area contributed by atoms with Gasteiger partial charge in [-0.25, -0.2) is 0 Å². The van der Waals surface area contributed by atoms with Crippen LogP contribution in [0, 0.1) is 0 Å². The SMILES string of the molecule is CC(N)Cl.CCOP(=O)(O)CC. The lowest BCUT2D eigenvalue weighted by Crippen LogP contribution is -2.03. The summed E-state index contributed by atoms with van der Waals surface area (Å²) in [7, 11) is -3.17. The van der Waals surface area contributed by atoms with Crippen LogP contribution in [0.5, 0.6) is 0 Å². The molecule has 2 unspecified atom stereocenters. The second kappa shape index (κ2) is 8.02. The number of alkyl halides is 1. The molecule has 12 heavy (non-hydrogen) atoms. The molecule has 0 rings (SSSR count). The Hall–Kier alpha value is 0.400. The molecule has 0 aromatic heterocycles. The fraction of sp³-hybridized carbons (Fsp3) is 1.00. The second-order valence-electron chi connectivity index (χ2n) is 2.05. The number of hydrogen-bond acceptors (Lipinski definition) is 3. The van der Waals surface area contributed by atoms with Crippen molar-refractivity contribution in [3.05, 3.63) is 0 Å². The van der Waals surface area contributed by atoms with E-state index in [1.54, 1.807) is 20.8 Å². The van der Waals surface area contributed by atoms with Crippen molar-refractivity contribution in [1.29, 1.82) is 0 Å². The molecule has 0 heterocycles. The molecule has 0 fully saturated rings. The lowest BCUT2D eigenvalue weighted by molar-refractivity contribution is 0.275. The molecule has 3 N–H and O–H groups in total. The van der Waals surface area contributed by atoms with Crippen molar-refractivity contribution in [2.75, 3.05) is 12.8 Å². The standard InChI is InChI=1S/C4H11O3P.C2H6ClN/c1-3-7-8(5,6)4-2;1-2(3)4/h3-4H2,1-2H3,(H,5,6);2H,4H2,1H3. The summed E-state index contributed by atoms with van der Waals surface area (Å²) in [5.41, 5.74) is 4.68. The summed E-state index contributed by atoms with van der Waals surface area (Å²) in [6.07, 6.45) is 0.195. The van der Waals surface area contributed by atoms with E-state index in [9.17, 15) is 4.57 Å². The first-order valence-electron chi connectivity index (χ1n) is 3.71. The van der Waals surface area contributed by atoms with Gasteiger partial charge in [0.2, 0.25) is 0 Å². The fourth-order valence-corrected chi connectivity index (χ4v) is 0.879. The van der Waals surface area contributed by atoms with Crippen LogP contribution < -0.4 is 5.73 Å². The normalized spacial score (nSPS) is 17.2. The summed E-state index contributed by atoms with van der Waals surface area (Å²) in [4.78, 5) is 8.66. The van der Waals surface area contributed by atoms with Crippen molar-refractivity contribution in [3.8, 4) is 0 Å². The van der Waals surface area contributed by atoms with E-state index in [0.29, 0.717) is 6.61 Å². The van der Waals surface area contributed by atoms with Crippen molar-refractivity contribution in [1.82, 2.24) is 0 Å². The van der Waals surface area contributed by atoms with Crippen LogP contribution in [0.25, 0.3) is 0 Å². The maximum absolute atomic E-state index is 10.5. The largest absolute Gasteiger partial charge is 0.327 e. The molecule has 0 aromatic rings. The van der Waals surface area contributed by atoms with Gasteiger partial charge in [-0.2, -0.15) is 0 Å². The molecule has 0 saturated carbocycles. The molecule has 0 saturated heterocycles. The lowest BCUT2D eigenvalue weighted by Gasteiger charge is -2.05. The van der Waals surface area contributed by atoms with Gasteiger partial charge in [0.05, 0.1) is 12.1 Å². The highest BCUT2D eigenvalue weighted by Gasteiger charge is 2.12. The first kappa shape index (κ1) is 14.9. The minimum absolute atomic E-state index is 0.194. The van der Waals surface area contributed by atoms with Crippen molar-refractivity contribution >= 4 is 19.2 Å². The summed E-state index contributed by atoms with van der Waals surface area (Å²) in [5.74, 6) is 0. The highest BCUT2D eigenvalue weighted by atomic mass is 35.5. The van der Waals surface area contributed by atoms with Crippen LogP contribution in [0.1, 0.15) is 20.8 Å². The molecular weight excluding hydrogens is 200 g/mol. The van der Waals surface area contributed by atoms with E-state index in [2.05, 4.69) is 4.52 Å². The monoisotopic (exact) mass is 217 g/mol. The Bertz CT molecular complexity index is 140. The molecule has 0 aliphatic heterocycles. The Morgan fingerprint density at radius 1 is 1.67 bits per heavy atom. The van der Waals surface area contributed by atoms with Gasteiger partial charge < -0.3 is 15.2 Å². The highest BCUT2D eigenvalue weighted by Crippen LogP contribution is 2.40. The first-order chi connectivity index (χ1) is 5.35. The molecule has 0 aliphatic carbocycles. The van der Waals surface area contributed by atoms with E-state index in [4.69, 9.17) is 22.2 Å². The molecule has 0 radical (unpaired) electrons. The van der Waals surface area contributed by atoms with Gasteiger partial charge >= 0.3 is 7.60 Å². The minimum atomic E-state index is -3.17. The third-order valence-electron chi connectivity index (χ3n) is 0.730. The smallest absolute Gasteiger partial charge is 0.324 e. The Morgan fingerprint density at radius 2 is 2.00 bits per heavy atom. The Kier molecular flexibility index (Phi) is 9.96. The van der Waals surface area contributed by atoms with Crippen LogP contribution in [0.15, 0.2) is 0 Å². The number of rotatable bonds is 3. The summed E-state index contributed by atoms with van der Waals surface area (Å²) >= 11 is 5.05. The molecule has 0 spiro atoms. The number of nitrogens with two attached hydrogens (primary N) is 1. The average molecular weight is 218 g/mol. The summed E-state index contributed by atoms with van der Waals surface area (Å²) in [6, 6.07) is 0. The minimum Gasteiger partial charge on any atom is -0.324 e. The molecule has 2 atom stereocenters. The van der Waals surface area contributed by atoms with Crippen molar-refractivity contribution in [2.45, 2.75) is 26.3 Å². The van der Waals surface area contributed by atoms with Gasteiger partial charge in [-0.3, -0.25) is 4.57 Å². The average Bonchev–Trinajstić information content (AvgIpc) is 1.86. The third-order valence-corrected chi connectivity index (χ3v) is 2.19. The van der Waals surface area contributed by atoms with Crippen LogP contribution in [0.4, 0.5) is 0 Å². The van der Waals surface area contributed by atoms with Gasteiger partial charge in [0.1, 0.15) is 0 Å². The van der Waals surface area contributed by atoms with Crippen LogP contribution in [0.2, 0.25) is 0 Å². The van der Waals surface area contributed by atoms with Gasteiger partial charge in [0.15, 0.2) is 0 Å². The molecule has 4 nitrogen and oxygen atoms in total. The number of hydrogen-bond donors (Lipinski definition) is 2. The zero-order chi connectivity index (χ0) is 10.2. The summed E-state index contributed by atoms with van der Waals surface area (Å²) in [6.45, 7) is 5.33. The third kappa shape index (κ3) is 16.8. The fourth-order valence-electron chi connectivity index (χ4n) is 0.293. The lowest BCUT2D eigenvalue weighted by atomic mass is 10.8. The second-order valence-corrected chi connectivity index (χ2v) is 4.90. The van der Waals surface area contributed by atoms with E-state index in [1.807, 2.05) is 0 Å². The Morgan fingerprint density at radius 3 is 2.08 bits per heavy atom. The van der Waals surface area contributed by atoms with Gasteiger partial charge in [0, 0.05) is 6.16 Å². The van der Waals surface area contributed by atoms with Crippen LogP contribution >= 0.6 is 19.2 Å². The summed E-state index contributed by atoms with van der Waals surface area (Å²) in [5, 5.41) is 0. The Balaban J connectivity index is 0. The molecule has 6 heteroatoms.